The van der Waals surface area contributed by atoms with Gasteiger partial charge in [-0.1, -0.05) is 36.4 Å². The van der Waals surface area contributed by atoms with E-state index in [-0.39, 0.29) is 23.9 Å². The molecule has 41 heavy (non-hydrogen) atoms. The Kier molecular flexibility index (Phi) is 6.98. The van der Waals surface area contributed by atoms with Gasteiger partial charge in [-0.3, -0.25) is 9.59 Å². The predicted molar refractivity (Wildman–Crippen MR) is 158 cm³/mol. The van der Waals surface area contributed by atoms with Gasteiger partial charge < -0.3 is 19.2 Å². The van der Waals surface area contributed by atoms with Crippen LogP contribution in [0.4, 0.5) is 5.69 Å². The number of carbonyl (C=O) groups excluding carboxylic acids is 1. The third kappa shape index (κ3) is 5.41. The Labute approximate surface area is 234 Å². The quantitative estimate of drug-likeness (QED) is 0.246. The topological polar surface area (TPSA) is 108 Å². The van der Waals surface area contributed by atoms with Gasteiger partial charge in [0.2, 0.25) is 5.82 Å². The Balaban J connectivity index is 1.27. The molecule has 0 aliphatic heterocycles. The maximum Gasteiger partial charge on any atom is 0.282 e. The average Bonchev–Trinajstić information content (AvgIpc) is 3.45. The molecule has 0 aliphatic carbocycles. The fourth-order valence-electron chi connectivity index (χ4n) is 4.35. The minimum absolute atomic E-state index is 0.133. The van der Waals surface area contributed by atoms with Crippen molar-refractivity contribution in [2.75, 3.05) is 19.0 Å². The van der Waals surface area contributed by atoms with E-state index in [1.54, 1.807) is 74.0 Å². The molecular formula is C32H24N4O5. The smallest absolute Gasteiger partial charge is 0.282 e. The minimum atomic E-state index is -0.335. The van der Waals surface area contributed by atoms with Gasteiger partial charge in [0.15, 0.2) is 12.4 Å². The molecule has 9 heteroatoms. The van der Waals surface area contributed by atoms with E-state index in [1.165, 1.54) is 4.68 Å². The Morgan fingerprint density at radius 3 is 2.54 bits per heavy atom. The maximum absolute atomic E-state index is 13.5. The molecule has 2 heterocycles. The second-order valence-corrected chi connectivity index (χ2v) is 9.07. The molecule has 1 N–H and O–H groups in total. The van der Waals surface area contributed by atoms with E-state index in [1.807, 2.05) is 42.5 Å². The Hall–Kier alpha value is -5.70. The summed E-state index contributed by atoms with van der Waals surface area (Å²) in [5, 5.41) is 8.45. The fourth-order valence-corrected chi connectivity index (χ4v) is 4.35. The lowest BCUT2D eigenvalue weighted by molar-refractivity contribution is -0.118. The monoisotopic (exact) mass is 544 g/mol. The van der Waals surface area contributed by atoms with E-state index in [2.05, 4.69) is 10.4 Å². The van der Waals surface area contributed by atoms with Gasteiger partial charge in [-0.15, -0.1) is 0 Å². The van der Waals surface area contributed by atoms with Gasteiger partial charge in [-0.05, 0) is 72.3 Å². The number of aromatic nitrogens is 2. The first-order valence-corrected chi connectivity index (χ1v) is 12.8. The number of methoxy groups -OCH3 is 1. The lowest BCUT2D eigenvalue weighted by Crippen LogP contribution is -2.20. The molecule has 0 unspecified atom stereocenters. The third-order valence-electron chi connectivity index (χ3n) is 6.35. The highest BCUT2D eigenvalue weighted by Gasteiger charge is 2.18. The number of anilines is 1. The standard InChI is InChI=1S/C32H24N4O5/c1-39-27-12-7-13-28-25(27)18-29(41-28)31-35-26-11-6-5-10-24(26)32(38)36(31)33-19-21-14-16-23(17-15-21)40-20-30(37)34-22-8-3-2-4-9-22/h2-19H,20H2,1H3,(H,34,37). The number of para-hydroxylation sites is 2. The molecule has 9 nitrogen and oxygen atoms in total. The lowest BCUT2D eigenvalue weighted by Gasteiger charge is -2.08. The fraction of sp³-hybridized carbons (Fsp3) is 0.0625. The molecule has 0 atom stereocenters. The molecule has 202 valence electrons. The van der Waals surface area contributed by atoms with E-state index >= 15 is 0 Å². The van der Waals surface area contributed by atoms with Crippen molar-refractivity contribution in [2.45, 2.75) is 0 Å². The van der Waals surface area contributed by atoms with Crippen LogP contribution in [0.25, 0.3) is 33.5 Å². The SMILES string of the molecule is COc1cccc2oc(-c3nc4ccccc4c(=O)n3N=Cc3ccc(OCC(=O)Nc4ccccc4)cc3)cc12. The van der Waals surface area contributed by atoms with E-state index < -0.39 is 0 Å². The van der Waals surface area contributed by atoms with Gasteiger partial charge in [-0.25, -0.2) is 4.98 Å². The van der Waals surface area contributed by atoms with Crippen molar-refractivity contribution < 1.29 is 18.7 Å². The lowest BCUT2D eigenvalue weighted by atomic mass is 10.2. The van der Waals surface area contributed by atoms with Crippen molar-refractivity contribution in [3.05, 3.63) is 119 Å². The predicted octanol–water partition coefficient (Wildman–Crippen LogP) is 5.72. The number of fused-ring (bicyclic) bond motifs is 2. The van der Waals surface area contributed by atoms with Crippen LogP contribution in [-0.2, 0) is 4.79 Å². The highest BCUT2D eigenvalue weighted by Crippen LogP contribution is 2.32. The van der Waals surface area contributed by atoms with Gasteiger partial charge in [0, 0.05) is 5.69 Å². The van der Waals surface area contributed by atoms with E-state index in [4.69, 9.17) is 18.9 Å². The molecule has 0 fully saturated rings. The molecule has 6 aromatic rings. The number of rotatable bonds is 8. The number of hydrogen-bond donors (Lipinski definition) is 1. The Bertz CT molecular complexity index is 1940. The zero-order valence-electron chi connectivity index (χ0n) is 22.0. The molecule has 0 radical (unpaired) electrons. The summed E-state index contributed by atoms with van der Waals surface area (Å²) in [6.07, 6.45) is 1.55. The van der Waals surface area contributed by atoms with Gasteiger partial charge in [0.1, 0.15) is 17.1 Å². The normalized spacial score (nSPS) is 11.2. The largest absolute Gasteiger partial charge is 0.496 e. The first-order valence-electron chi connectivity index (χ1n) is 12.8. The van der Waals surface area contributed by atoms with Crippen molar-refractivity contribution in [1.82, 2.24) is 9.66 Å². The number of furan rings is 1. The Morgan fingerprint density at radius 2 is 1.73 bits per heavy atom. The second-order valence-electron chi connectivity index (χ2n) is 9.07. The molecule has 0 saturated heterocycles. The number of amides is 1. The van der Waals surface area contributed by atoms with E-state index in [9.17, 15) is 9.59 Å². The molecular weight excluding hydrogens is 520 g/mol. The highest BCUT2D eigenvalue weighted by molar-refractivity contribution is 5.92. The molecule has 0 aliphatic rings. The number of benzene rings is 4. The summed E-state index contributed by atoms with van der Waals surface area (Å²) < 4.78 is 18.4. The maximum atomic E-state index is 13.5. The number of carbonyl (C=O) groups is 1. The average molecular weight is 545 g/mol. The summed E-state index contributed by atoms with van der Waals surface area (Å²) in [5.74, 6) is 1.54. The van der Waals surface area contributed by atoms with Crippen molar-refractivity contribution >= 4 is 39.7 Å². The van der Waals surface area contributed by atoms with Crippen molar-refractivity contribution in [1.29, 1.82) is 0 Å². The summed E-state index contributed by atoms with van der Waals surface area (Å²) in [7, 11) is 1.59. The molecule has 0 bridgehead atoms. The minimum Gasteiger partial charge on any atom is -0.496 e. The van der Waals surface area contributed by atoms with Gasteiger partial charge in [-0.2, -0.15) is 9.78 Å². The molecule has 1 amide bonds. The van der Waals surface area contributed by atoms with Crippen LogP contribution in [-0.4, -0.2) is 35.5 Å². The van der Waals surface area contributed by atoms with E-state index in [0.29, 0.717) is 45.0 Å². The molecule has 0 saturated carbocycles. The third-order valence-corrected chi connectivity index (χ3v) is 6.35. The summed E-state index contributed by atoms with van der Waals surface area (Å²) in [4.78, 5) is 30.4. The zero-order chi connectivity index (χ0) is 28.2. The van der Waals surface area contributed by atoms with Crippen molar-refractivity contribution in [2.24, 2.45) is 5.10 Å². The summed E-state index contributed by atoms with van der Waals surface area (Å²) in [5.41, 5.74) is 2.21. The van der Waals surface area contributed by atoms with Crippen LogP contribution in [0, 0.1) is 0 Å². The molecule has 2 aromatic heterocycles. The van der Waals surface area contributed by atoms with Gasteiger partial charge >= 0.3 is 0 Å². The van der Waals surface area contributed by atoms with Crippen LogP contribution < -0.4 is 20.3 Å². The first-order chi connectivity index (χ1) is 20.1. The van der Waals surface area contributed by atoms with Crippen molar-refractivity contribution in [3.63, 3.8) is 0 Å². The molecule has 0 spiro atoms. The first kappa shape index (κ1) is 25.6. The highest BCUT2D eigenvalue weighted by atomic mass is 16.5. The number of nitrogens with zero attached hydrogens (tertiary/aromatic N) is 3. The molecule has 6 rings (SSSR count). The number of nitrogens with one attached hydrogen (secondary N) is 1. The van der Waals surface area contributed by atoms with Crippen LogP contribution in [0.3, 0.4) is 0 Å². The number of hydrogen-bond acceptors (Lipinski definition) is 7. The molecule has 4 aromatic carbocycles. The van der Waals surface area contributed by atoms with Crippen molar-refractivity contribution in [3.8, 4) is 23.1 Å². The number of ether oxygens (including phenoxy) is 2. The summed E-state index contributed by atoms with van der Waals surface area (Å²) in [6.45, 7) is -0.133. The van der Waals surface area contributed by atoms with Crippen LogP contribution in [0.15, 0.2) is 117 Å². The second kappa shape index (κ2) is 11.2. The Morgan fingerprint density at radius 1 is 0.951 bits per heavy atom. The van der Waals surface area contributed by atoms with E-state index in [0.717, 1.165) is 5.39 Å². The van der Waals surface area contributed by atoms with Crippen LogP contribution in [0.2, 0.25) is 0 Å². The summed E-state index contributed by atoms with van der Waals surface area (Å²) >= 11 is 0. The zero-order valence-corrected chi connectivity index (χ0v) is 22.0. The van der Waals surface area contributed by atoms with Crippen LogP contribution in [0.5, 0.6) is 11.5 Å². The van der Waals surface area contributed by atoms with Crippen LogP contribution >= 0.6 is 0 Å². The van der Waals surface area contributed by atoms with Gasteiger partial charge in [0.05, 0.1) is 29.6 Å². The van der Waals surface area contributed by atoms with Gasteiger partial charge in [0.25, 0.3) is 11.5 Å². The summed E-state index contributed by atoms with van der Waals surface area (Å²) in [6, 6.07) is 30.5. The van der Waals surface area contributed by atoms with Crippen LogP contribution in [0.1, 0.15) is 5.56 Å².